The first-order valence-corrected chi connectivity index (χ1v) is 6.46. The molecule has 1 aromatic heterocycles. The summed E-state index contributed by atoms with van der Waals surface area (Å²) in [5.41, 5.74) is 7.39. The van der Waals surface area contributed by atoms with E-state index >= 15 is 0 Å². The molecule has 0 radical (unpaired) electrons. The number of rotatable bonds is 3. The van der Waals surface area contributed by atoms with Gasteiger partial charge in [0.2, 0.25) is 0 Å². The van der Waals surface area contributed by atoms with Crippen LogP contribution in [-0.4, -0.2) is 0 Å². The van der Waals surface area contributed by atoms with Crippen LogP contribution >= 0.6 is 39.7 Å². The van der Waals surface area contributed by atoms with Gasteiger partial charge in [-0.05, 0) is 35.6 Å². The molecule has 0 fully saturated rings. The number of hydrogen-bond donors (Lipinski definition) is 1. The van der Waals surface area contributed by atoms with Crippen molar-refractivity contribution in [3.05, 3.63) is 56.7 Å². The Hall–Kier alpha value is -0.350. The van der Waals surface area contributed by atoms with E-state index in [1.807, 2.05) is 6.07 Å². The molecule has 16 heavy (non-hydrogen) atoms. The fourth-order valence-electron chi connectivity index (χ4n) is 1.48. The van der Waals surface area contributed by atoms with E-state index in [1.54, 1.807) is 11.3 Å². The highest BCUT2D eigenvalue weighted by Crippen LogP contribution is 2.21. The minimum Gasteiger partial charge on any atom is -0.323 e. The number of nitrogens with two attached hydrogens (primary N) is 1. The molecule has 86 valence electrons. The van der Waals surface area contributed by atoms with Crippen molar-refractivity contribution < 1.29 is 0 Å². The molecule has 0 aliphatic rings. The number of thiophene rings is 1. The largest absolute Gasteiger partial charge is 0.323 e. The van der Waals surface area contributed by atoms with E-state index < -0.39 is 0 Å². The molecule has 0 amide bonds. The second kappa shape index (κ2) is 6.40. The van der Waals surface area contributed by atoms with Gasteiger partial charge in [-0.1, -0.05) is 34.1 Å². The first-order chi connectivity index (χ1) is 7.25. The van der Waals surface area contributed by atoms with Crippen LogP contribution in [0.3, 0.4) is 0 Å². The quantitative estimate of drug-likeness (QED) is 0.903. The van der Waals surface area contributed by atoms with Gasteiger partial charge in [-0.3, -0.25) is 0 Å². The molecule has 1 aromatic carbocycles. The van der Waals surface area contributed by atoms with Gasteiger partial charge in [0, 0.05) is 15.4 Å². The Labute approximate surface area is 114 Å². The predicted molar refractivity (Wildman–Crippen MR) is 76.3 cm³/mol. The summed E-state index contributed by atoms with van der Waals surface area (Å²) in [4.78, 5) is 1.25. The normalized spacial score (nSPS) is 11.9. The third-order valence-corrected chi connectivity index (χ3v) is 3.81. The average Bonchev–Trinajstić information content (AvgIpc) is 2.74. The Morgan fingerprint density at radius 3 is 2.44 bits per heavy atom. The maximum absolute atomic E-state index is 6.11. The maximum atomic E-state index is 6.11. The zero-order chi connectivity index (χ0) is 10.7. The summed E-state index contributed by atoms with van der Waals surface area (Å²) in [6.45, 7) is 0. The van der Waals surface area contributed by atoms with Crippen molar-refractivity contribution in [3.63, 3.8) is 0 Å². The first kappa shape index (κ1) is 13.7. The summed E-state index contributed by atoms with van der Waals surface area (Å²) in [6, 6.07) is 12.6. The van der Waals surface area contributed by atoms with Crippen LogP contribution in [-0.2, 0) is 6.42 Å². The van der Waals surface area contributed by atoms with Gasteiger partial charge in [-0.15, -0.1) is 23.7 Å². The number of hydrogen-bond acceptors (Lipinski definition) is 2. The molecule has 1 atom stereocenters. The molecule has 0 aliphatic heterocycles. The maximum Gasteiger partial charge on any atom is 0.0430 e. The highest BCUT2D eigenvalue weighted by molar-refractivity contribution is 9.10. The lowest BCUT2D eigenvalue weighted by molar-refractivity contribution is 0.736. The molecule has 2 rings (SSSR count). The lowest BCUT2D eigenvalue weighted by Crippen LogP contribution is -2.11. The highest BCUT2D eigenvalue weighted by atomic mass is 79.9. The topological polar surface area (TPSA) is 26.0 Å². The van der Waals surface area contributed by atoms with Gasteiger partial charge in [-0.25, -0.2) is 0 Å². The number of halogens is 2. The molecule has 2 N–H and O–H groups in total. The molecule has 1 nitrogen and oxygen atoms in total. The van der Waals surface area contributed by atoms with Gasteiger partial charge in [-0.2, -0.15) is 0 Å². The fraction of sp³-hybridized carbons (Fsp3) is 0.167. The van der Waals surface area contributed by atoms with E-state index in [0.717, 1.165) is 10.9 Å². The summed E-state index contributed by atoms with van der Waals surface area (Å²) >= 11 is 5.14. The molecule has 0 aliphatic carbocycles. The van der Waals surface area contributed by atoms with E-state index in [4.69, 9.17) is 5.73 Å². The standard InChI is InChI=1S/C12H12BrNS.ClH/c13-10-5-3-9(4-6-10)8-11(14)12-2-1-7-15-12;/h1-7,11H,8,14H2;1H. The predicted octanol–water partition coefficient (Wildman–Crippen LogP) is 4.17. The van der Waals surface area contributed by atoms with Crippen molar-refractivity contribution >= 4 is 39.7 Å². The van der Waals surface area contributed by atoms with E-state index in [1.165, 1.54) is 10.4 Å². The molecule has 1 unspecified atom stereocenters. The van der Waals surface area contributed by atoms with Crippen LogP contribution in [0.4, 0.5) is 0 Å². The SMILES string of the molecule is Cl.NC(Cc1ccc(Br)cc1)c1cccs1. The minimum absolute atomic E-state index is 0. The van der Waals surface area contributed by atoms with Gasteiger partial charge in [0.15, 0.2) is 0 Å². The monoisotopic (exact) mass is 317 g/mol. The zero-order valence-corrected chi connectivity index (χ0v) is 11.8. The fourth-order valence-corrected chi connectivity index (χ4v) is 2.47. The summed E-state index contributed by atoms with van der Waals surface area (Å²) in [5.74, 6) is 0. The molecular formula is C12H13BrClNS. The zero-order valence-electron chi connectivity index (χ0n) is 8.60. The van der Waals surface area contributed by atoms with Crippen molar-refractivity contribution in [3.8, 4) is 0 Å². The highest BCUT2D eigenvalue weighted by Gasteiger charge is 2.07. The van der Waals surface area contributed by atoms with Gasteiger partial charge in [0.25, 0.3) is 0 Å². The first-order valence-electron chi connectivity index (χ1n) is 4.79. The van der Waals surface area contributed by atoms with Gasteiger partial charge < -0.3 is 5.73 Å². The third-order valence-electron chi connectivity index (χ3n) is 2.28. The molecule has 0 saturated carbocycles. The van der Waals surface area contributed by atoms with Crippen LogP contribution in [0.1, 0.15) is 16.5 Å². The van der Waals surface area contributed by atoms with Crippen molar-refractivity contribution in [2.45, 2.75) is 12.5 Å². The molecule has 0 bridgehead atoms. The van der Waals surface area contributed by atoms with E-state index in [9.17, 15) is 0 Å². The van der Waals surface area contributed by atoms with E-state index in [-0.39, 0.29) is 18.4 Å². The van der Waals surface area contributed by atoms with Gasteiger partial charge in [0.05, 0.1) is 0 Å². The van der Waals surface area contributed by atoms with Crippen LogP contribution in [0.5, 0.6) is 0 Å². The van der Waals surface area contributed by atoms with Crippen molar-refractivity contribution in [1.82, 2.24) is 0 Å². The summed E-state index contributed by atoms with van der Waals surface area (Å²) < 4.78 is 1.11. The average molecular weight is 319 g/mol. The third kappa shape index (κ3) is 3.59. The molecule has 0 saturated heterocycles. The Kier molecular flexibility index (Phi) is 5.49. The molecular weight excluding hydrogens is 306 g/mol. The Morgan fingerprint density at radius 1 is 1.19 bits per heavy atom. The molecule has 1 heterocycles. The van der Waals surface area contributed by atoms with Crippen molar-refractivity contribution in [1.29, 1.82) is 0 Å². The minimum atomic E-state index is 0. The van der Waals surface area contributed by atoms with Gasteiger partial charge >= 0.3 is 0 Å². The second-order valence-corrected chi connectivity index (χ2v) is 5.35. The molecule has 4 heteroatoms. The van der Waals surface area contributed by atoms with Crippen LogP contribution in [0, 0.1) is 0 Å². The van der Waals surface area contributed by atoms with Crippen LogP contribution in [0.15, 0.2) is 46.3 Å². The van der Waals surface area contributed by atoms with Crippen molar-refractivity contribution in [2.24, 2.45) is 5.73 Å². The summed E-state index contributed by atoms with van der Waals surface area (Å²) in [7, 11) is 0. The van der Waals surface area contributed by atoms with Gasteiger partial charge in [0.1, 0.15) is 0 Å². The van der Waals surface area contributed by atoms with Crippen LogP contribution < -0.4 is 5.73 Å². The Balaban J connectivity index is 0.00000128. The van der Waals surface area contributed by atoms with Crippen LogP contribution in [0.25, 0.3) is 0 Å². The summed E-state index contributed by atoms with van der Waals surface area (Å²) in [6.07, 6.45) is 0.897. The molecule has 2 aromatic rings. The molecule has 0 spiro atoms. The van der Waals surface area contributed by atoms with Crippen LogP contribution in [0.2, 0.25) is 0 Å². The Morgan fingerprint density at radius 2 is 1.88 bits per heavy atom. The van der Waals surface area contributed by atoms with Crippen molar-refractivity contribution in [2.75, 3.05) is 0 Å². The lowest BCUT2D eigenvalue weighted by atomic mass is 10.1. The van der Waals surface area contributed by atoms with E-state index in [0.29, 0.717) is 0 Å². The second-order valence-electron chi connectivity index (χ2n) is 3.45. The Bertz CT molecular complexity index is 413. The smallest absolute Gasteiger partial charge is 0.0430 e. The summed E-state index contributed by atoms with van der Waals surface area (Å²) in [5, 5.41) is 2.07. The number of benzene rings is 1. The lowest BCUT2D eigenvalue weighted by Gasteiger charge is -2.09. The van der Waals surface area contributed by atoms with E-state index in [2.05, 4.69) is 51.6 Å².